The Morgan fingerprint density at radius 2 is 1.95 bits per heavy atom. The highest BCUT2D eigenvalue weighted by Gasteiger charge is 2.19. The van der Waals surface area contributed by atoms with Crippen LogP contribution in [0.3, 0.4) is 0 Å². The zero-order valence-electron chi connectivity index (χ0n) is 12.2. The van der Waals surface area contributed by atoms with Gasteiger partial charge in [0, 0.05) is 24.3 Å². The molecule has 2 aromatic rings. The lowest BCUT2D eigenvalue weighted by Gasteiger charge is -2.27. The number of rotatable bonds is 4. The molecule has 0 aliphatic rings. The van der Waals surface area contributed by atoms with Crippen LogP contribution in [-0.4, -0.2) is 23.0 Å². The summed E-state index contributed by atoms with van der Waals surface area (Å²) >= 11 is 7.40. The van der Waals surface area contributed by atoms with Gasteiger partial charge < -0.3 is 10.2 Å². The minimum absolute atomic E-state index is 0.0212. The largest absolute Gasteiger partial charge is 0.331 e. The number of thiophene rings is 1. The summed E-state index contributed by atoms with van der Waals surface area (Å²) < 4.78 is 0.726. The molecule has 2 heterocycles. The molecule has 2 amide bonds. The van der Waals surface area contributed by atoms with Gasteiger partial charge in [-0.15, -0.1) is 11.3 Å². The van der Waals surface area contributed by atoms with Crippen molar-refractivity contribution in [2.75, 3.05) is 7.05 Å². The second kappa shape index (κ2) is 6.91. The molecule has 2 rings (SSSR count). The third kappa shape index (κ3) is 3.95. The smallest absolute Gasteiger partial charge is 0.318 e. The van der Waals surface area contributed by atoms with E-state index in [2.05, 4.69) is 10.3 Å². The summed E-state index contributed by atoms with van der Waals surface area (Å²) in [5.74, 6) is 0. The maximum Gasteiger partial charge on any atom is 0.318 e. The van der Waals surface area contributed by atoms with Gasteiger partial charge in [0.25, 0.3) is 0 Å². The number of urea groups is 1. The fraction of sp³-hybridized carbons (Fsp3) is 0.333. The van der Waals surface area contributed by atoms with Crippen molar-refractivity contribution in [3.63, 3.8) is 0 Å². The van der Waals surface area contributed by atoms with Crippen molar-refractivity contribution in [1.82, 2.24) is 15.2 Å². The van der Waals surface area contributed by atoms with Crippen LogP contribution >= 0.6 is 22.9 Å². The lowest BCUT2D eigenvalue weighted by molar-refractivity contribution is 0.191. The molecular formula is C15H18ClN3OS. The first-order valence-corrected chi connectivity index (χ1v) is 7.87. The maximum absolute atomic E-state index is 12.3. The van der Waals surface area contributed by atoms with E-state index >= 15 is 0 Å². The van der Waals surface area contributed by atoms with Gasteiger partial charge in [0.05, 0.1) is 16.4 Å². The molecule has 0 radical (unpaired) electrons. The number of nitrogens with one attached hydrogen (secondary N) is 1. The first-order chi connectivity index (χ1) is 9.99. The van der Waals surface area contributed by atoms with Crippen molar-refractivity contribution in [1.29, 1.82) is 0 Å². The molecule has 112 valence electrons. The van der Waals surface area contributed by atoms with Crippen LogP contribution < -0.4 is 5.32 Å². The molecule has 0 bridgehead atoms. The fourth-order valence-corrected chi connectivity index (χ4v) is 3.02. The van der Waals surface area contributed by atoms with Gasteiger partial charge in [0.1, 0.15) is 0 Å². The van der Waals surface area contributed by atoms with Gasteiger partial charge in [-0.2, -0.15) is 0 Å². The minimum Gasteiger partial charge on any atom is -0.331 e. The molecule has 2 atom stereocenters. The number of hydrogen-bond donors (Lipinski definition) is 1. The van der Waals surface area contributed by atoms with E-state index in [4.69, 9.17) is 11.6 Å². The monoisotopic (exact) mass is 323 g/mol. The summed E-state index contributed by atoms with van der Waals surface area (Å²) in [6, 6.07) is 7.40. The predicted molar refractivity (Wildman–Crippen MR) is 86.7 cm³/mol. The summed E-state index contributed by atoms with van der Waals surface area (Å²) in [7, 11) is 1.79. The van der Waals surface area contributed by atoms with E-state index in [0.29, 0.717) is 0 Å². The molecule has 0 aliphatic heterocycles. The van der Waals surface area contributed by atoms with Crippen molar-refractivity contribution in [3.8, 4) is 0 Å². The molecule has 0 aliphatic carbocycles. The van der Waals surface area contributed by atoms with Gasteiger partial charge in [0.2, 0.25) is 0 Å². The Balaban J connectivity index is 1.99. The van der Waals surface area contributed by atoms with Gasteiger partial charge >= 0.3 is 6.03 Å². The number of pyridine rings is 1. The van der Waals surface area contributed by atoms with E-state index in [9.17, 15) is 4.79 Å². The number of carbonyl (C=O) groups excluding carboxylic acids is 1. The zero-order valence-corrected chi connectivity index (χ0v) is 13.8. The first kappa shape index (κ1) is 15.8. The predicted octanol–water partition coefficient (Wildman–Crippen LogP) is 4.26. The highest BCUT2D eigenvalue weighted by atomic mass is 35.5. The topological polar surface area (TPSA) is 45.2 Å². The van der Waals surface area contributed by atoms with Crippen LogP contribution in [-0.2, 0) is 0 Å². The van der Waals surface area contributed by atoms with Crippen molar-refractivity contribution in [2.24, 2.45) is 0 Å². The van der Waals surface area contributed by atoms with E-state index in [1.54, 1.807) is 24.3 Å². The zero-order chi connectivity index (χ0) is 15.4. The van der Waals surface area contributed by atoms with Crippen LogP contribution in [0.5, 0.6) is 0 Å². The molecule has 21 heavy (non-hydrogen) atoms. The van der Waals surface area contributed by atoms with Gasteiger partial charge in [-0.3, -0.25) is 4.98 Å². The van der Waals surface area contributed by atoms with Crippen LogP contribution in [0.25, 0.3) is 0 Å². The Kier molecular flexibility index (Phi) is 5.20. The number of halogens is 1. The second-order valence-electron chi connectivity index (χ2n) is 4.88. The lowest BCUT2D eigenvalue weighted by atomic mass is 10.1. The first-order valence-electron chi connectivity index (χ1n) is 6.67. The highest BCUT2D eigenvalue weighted by molar-refractivity contribution is 7.16. The Morgan fingerprint density at radius 3 is 2.52 bits per heavy atom. The van der Waals surface area contributed by atoms with Crippen molar-refractivity contribution in [3.05, 3.63) is 51.4 Å². The van der Waals surface area contributed by atoms with Crippen molar-refractivity contribution in [2.45, 2.75) is 25.9 Å². The van der Waals surface area contributed by atoms with Gasteiger partial charge in [0.15, 0.2) is 0 Å². The highest BCUT2D eigenvalue weighted by Crippen LogP contribution is 2.27. The summed E-state index contributed by atoms with van der Waals surface area (Å²) in [6.45, 7) is 3.94. The Morgan fingerprint density at radius 1 is 1.29 bits per heavy atom. The summed E-state index contributed by atoms with van der Waals surface area (Å²) in [4.78, 5) is 19.0. The van der Waals surface area contributed by atoms with Gasteiger partial charge in [-0.25, -0.2) is 4.79 Å². The Hall–Kier alpha value is -1.59. The van der Waals surface area contributed by atoms with E-state index < -0.39 is 0 Å². The number of carbonyl (C=O) groups is 1. The van der Waals surface area contributed by atoms with Crippen LogP contribution in [0.1, 0.15) is 36.4 Å². The summed E-state index contributed by atoms with van der Waals surface area (Å²) in [6.07, 6.45) is 3.46. The Bertz CT molecular complexity index is 602. The molecule has 0 saturated heterocycles. The van der Waals surface area contributed by atoms with E-state index in [-0.39, 0.29) is 18.1 Å². The third-order valence-corrected chi connectivity index (χ3v) is 4.86. The number of amides is 2. The molecule has 1 N–H and O–H groups in total. The van der Waals surface area contributed by atoms with Crippen LogP contribution in [0, 0.1) is 0 Å². The number of nitrogens with zero attached hydrogens (tertiary/aromatic N) is 2. The van der Waals surface area contributed by atoms with Crippen molar-refractivity contribution >= 4 is 29.0 Å². The fourth-order valence-electron chi connectivity index (χ4n) is 1.96. The lowest BCUT2D eigenvalue weighted by Crippen LogP contribution is -2.39. The Labute approximate surface area is 133 Å². The average Bonchev–Trinajstić information content (AvgIpc) is 2.93. The third-order valence-electron chi connectivity index (χ3n) is 3.45. The van der Waals surface area contributed by atoms with Crippen LogP contribution in [0.15, 0.2) is 36.7 Å². The standard InChI is InChI=1S/C15H18ClN3OS/c1-10(13-4-5-14(16)21-13)18-15(20)19(3)11(2)12-6-8-17-9-7-12/h4-11H,1-3H3,(H,18,20). The number of hydrogen-bond acceptors (Lipinski definition) is 3. The average molecular weight is 324 g/mol. The van der Waals surface area contributed by atoms with Gasteiger partial charge in [-0.05, 0) is 43.7 Å². The quantitative estimate of drug-likeness (QED) is 0.913. The molecule has 6 heteroatoms. The maximum atomic E-state index is 12.3. The molecule has 4 nitrogen and oxygen atoms in total. The molecule has 2 unspecified atom stereocenters. The molecule has 0 fully saturated rings. The molecular weight excluding hydrogens is 306 g/mol. The summed E-state index contributed by atoms with van der Waals surface area (Å²) in [5, 5.41) is 2.98. The van der Waals surface area contributed by atoms with Crippen LogP contribution in [0.4, 0.5) is 4.79 Å². The van der Waals surface area contributed by atoms with E-state index in [1.807, 2.05) is 38.1 Å². The second-order valence-corrected chi connectivity index (χ2v) is 6.63. The summed E-state index contributed by atoms with van der Waals surface area (Å²) in [5.41, 5.74) is 1.05. The van der Waals surface area contributed by atoms with Gasteiger partial charge in [-0.1, -0.05) is 11.6 Å². The molecule has 0 spiro atoms. The minimum atomic E-state index is -0.115. The normalized spacial score (nSPS) is 13.5. The van der Waals surface area contributed by atoms with Crippen molar-refractivity contribution < 1.29 is 4.79 Å². The number of aromatic nitrogens is 1. The molecule has 2 aromatic heterocycles. The van der Waals surface area contributed by atoms with E-state index in [1.165, 1.54) is 11.3 Å². The molecule has 0 aromatic carbocycles. The van der Waals surface area contributed by atoms with Crippen LogP contribution in [0.2, 0.25) is 4.34 Å². The molecule has 0 saturated carbocycles. The van der Waals surface area contributed by atoms with E-state index in [0.717, 1.165) is 14.8 Å². The SMILES string of the molecule is CC(NC(=O)N(C)C(C)c1ccncc1)c1ccc(Cl)s1.